The Kier molecular flexibility index (Phi) is 6.94. The number of methoxy groups -OCH3 is 1. The predicted octanol–water partition coefficient (Wildman–Crippen LogP) is 6.33. The van der Waals surface area contributed by atoms with Gasteiger partial charge in [0.15, 0.2) is 5.78 Å². The maximum absolute atomic E-state index is 13.6. The number of benzene rings is 4. The first-order valence-electron chi connectivity index (χ1n) is 12.3. The number of carbonyl (C=O) groups excluding carboxylic acids is 2. The van der Waals surface area contributed by atoms with Gasteiger partial charge in [-0.3, -0.25) is 9.59 Å². The van der Waals surface area contributed by atoms with Gasteiger partial charge < -0.3 is 9.64 Å². The Labute approximate surface area is 212 Å². The molecule has 0 radical (unpaired) electrons. The zero-order valence-corrected chi connectivity index (χ0v) is 20.4. The molecule has 180 valence electrons. The predicted molar refractivity (Wildman–Crippen MR) is 142 cm³/mol. The van der Waals surface area contributed by atoms with E-state index < -0.39 is 0 Å². The summed E-state index contributed by atoms with van der Waals surface area (Å²) in [4.78, 5) is 28.4. The summed E-state index contributed by atoms with van der Waals surface area (Å²) >= 11 is 0. The highest BCUT2D eigenvalue weighted by atomic mass is 16.5. The van der Waals surface area contributed by atoms with Crippen LogP contribution in [0, 0.1) is 0 Å². The maximum atomic E-state index is 13.6. The molecule has 4 heteroatoms. The second kappa shape index (κ2) is 10.6. The minimum Gasteiger partial charge on any atom is -0.497 e. The molecule has 1 amide bonds. The smallest absolute Gasteiger partial charge is 0.223 e. The van der Waals surface area contributed by atoms with Crippen LogP contribution in [0.25, 0.3) is 11.1 Å². The first kappa shape index (κ1) is 23.6. The Bertz CT molecular complexity index is 1350. The van der Waals surface area contributed by atoms with Crippen molar-refractivity contribution in [2.75, 3.05) is 7.11 Å². The molecule has 1 fully saturated rings. The van der Waals surface area contributed by atoms with Gasteiger partial charge in [0.2, 0.25) is 5.91 Å². The molecule has 0 aromatic heterocycles. The van der Waals surface area contributed by atoms with Gasteiger partial charge >= 0.3 is 0 Å². The van der Waals surface area contributed by atoms with Gasteiger partial charge in [0.1, 0.15) is 5.75 Å². The van der Waals surface area contributed by atoms with E-state index in [9.17, 15) is 9.59 Å². The van der Waals surface area contributed by atoms with E-state index in [-0.39, 0.29) is 17.7 Å². The number of hydrogen-bond donors (Lipinski definition) is 0. The Morgan fingerprint density at radius 2 is 1.56 bits per heavy atom. The largest absolute Gasteiger partial charge is 0.497 e. The van der Waals surface area contributed by atoms with Crippen molar-refractivity contribution in [3.05, 3.63) is 125 Å². The first-order valence-corrected chi connectivity index (χ1v) is 12.3. The molecule has 0 saturated carbocycles. The molecule has 0 N–H and O–H groups in total. The summed E-state index contributed by atoms with van der Waals surface area (Å²) in [5, 5.41) is 0. The number of ether oxygens (including phenoxy) is 1. The molecular formula is C32H29NO3. The molecule has 4 nitrogen and oxygen atoms in total. The summed E-state index contributed by atoms with van der Waals surface area (Å²) in [5.74, 6) is 0.965. The SMILES string of the molecule is COc1ccc(CN2C(=O)CC[C@H]2Cc2ccc(-c3ccccc3)cc2C(=O)c2ccccc2)cc1. The van der Waals surface area contributed by atoms with Gasteiger partial charge in [-0.2, -0.15) is 0 Å². The molecule has 1 atom stereocenters. The number of rotatable bonds is 8. The quantitative estimate of drug-likeness (QED) is 0.280. The Hall–Kier alpha value is -4.18. The van der Waals surface area contributed by atoms with E-state index in [2.05, 4.69) is 24.3 Å². The molecule has 0 unspecified atom stereocenters. The molecule has 0 bridgehead atoms. The summed E-state index contributed by atoms with van der Waals surface area (Å²) in [6, 6.07) is 33.5. The summed E-state index contributed by atoms with van der Waals surface area (Å²) in [6.45, 7) is 0.553. The average Bonchev–Trinajstić information content (AvgIpc) is 3.28. The molecule has 5 rings (SSSR count). The number of ketones is 1. The van der Waals surface area contributed by atoms with Gasteiger partial charge in [0, 0.05) is 30.1 Å². The maximum Gasteiger partial charge on any atom is 0.223 e. The van der Waals surface area contributed by atoms with Crippen molar-refractivity contribution in [1.82, 2.24) is 4.90 Å². The highest BCUT2D eigenvalue weighted by molar-refractivity contribution is 6.10. The third kappa shape index (κ3) is 5.08. The summed E-state index contributed by atoms with van der Waals surface area (Å²) in [7, 11) is 1.65. The van der Waals surface area contributed by atoms with Gasteiger partial charge in [-0.25, -0.2) is 0 Å². The molecule has 1 saturated heterocycles. The van der Waals surface area contributed by atoms with Crippen molar-refractivity contribution >= 4 is 11.7 Å². The van der Waals surface area contributed by atoms with Gasteiger partial charge in [0.05, 0.1) is 7.11 Å². The van der Waals surface area contributed by atoms with Crippen molar-refractivity contribution in [3.8, 4) is 16.9 Å². The van der Waals surface area contributed by atoms with Crippen molar-refractivity contribution in [1.29, 1.82) is 0 Å². The van der Waals surface area contributed by atoms with E-state index in [1.54, 1.807) is 7.11 Å². The lowest BCUT2D eigenvalue weighted by Gasteiger charge is -2.26. The zero-order chi connectivity index (χ0) is 24.9. The third-order valence-corrected chi connectivity index (χ3v) is 6.92. The van der Waals surface area contributed by atoms with Crippen LogP contribution in [-0.2, 0) is 17.8 Å². The molecule has 4 aromatic carbocycles. The van der Waals surface area contributed by atoms with E-state index >= 15 is 0 Å². The Morgan fingerprint density at radius 3 is 2.25 bits per heavy atom. The molecule has 36 heavy (non-hydrogen) atoms. The second-order valence-corrected chi connectivity index (χ2v) is 9.20. The fourth-order valence-electron chi connectivity index (χ4n) is 4.93. The van der Waals surface area contributed by atoms with Crippen LogP contribution in [0.5, 0.6) is 5.75 Å². The lowest BCUT2D eigenvalue weighted by molar-refractivity contribution is -0.129. The van der Waals surface area contributed by atoms with Gasteiger partial charge in [-0.15, -0.1) is 0 Å². The average molecular weight is 476 g/mol. The number of amides is 1. The van der Waals surface area contributed by atoms with Crippen molar-refractivity contribution in [2.24, 2.45) is 0 Å². The Balaban J connectivity index is 1.46. The van der Waals surface area contributed by atoms with Gasteiger partial charge in [-0.1, -0.05) is 84.9 Å². The monoisotopic (exact) mass is 475 g/mol. The first-order chi connectivity index (χ1) is 17.6. The van der Waals surface area contributed by atoms with E-state index in [0.717, 1.165) is 34.4 Å². The molecular weight excluding hydrogens is 446 g/mol. The minimum atomic E-state index is 0.00871. The van der Waals surface area contributed by atoms with E-state index in [4.69, 9.17) is 4.74 Å². The topological polar surface area (TPSA) is 46.6 Å². The van der Waals surface area contributed by atoms with Crippen LogP contribution in [0.3, 0.4) is 0 Å². The normalized spacial score (nSPS) is 15.2. The van der Waals surface area contributed by atoms with Crippen LogP contribution in [0.1, 0.15) is 39.9 Å². The zero-order valence-electron chi connectivity index (χ0n) is 20.4. The lowest BCUT2D eigenvalue weighted by Crippen LogP contribution is -2.34. The van der Waals surface area contributed by atoms with Crippen LogP contribution >= 0.6 is 0 Å². The summed E-state index contributed by atoms with van der Waals surface area (Å²) in [5.41, 5.74) is 5.49. The van der Waals surface area contributed by atoms with Crippen LogP contribution < -0.4 is 4.74 Å². The Morgan fingerprint density at radius 1 is 0.861 bits per heavy atom. The van der Waals surface area contributed by atoms with E-state index in [1.165, 1.54) is 0 Å². The molecule has 1 aliphatic heterocycles. The lowest BCUT2D eigenvalue weighted by atomic mass is 9.90. The summed E-state index contributed by atoms with van der Waals surface area (Å²) < 4.78 is 5.26. The number of nitrogens with zero attached hydrogens (tertiary/aromatic N) is 1. The van der Waals surface area contributed by atoms with E-state index in [1.807, 2.05) is 83.8 Å². The highest BCUT2D eigenvalue weighted by Crippen LogP contribution is 2.30. The van der Waals surface area contributed by atoms with Crippen LogP contribution in [-0.4, -0.2) is 29.7 Å². The van der Waals surface area contributed by atoms with Crippen molar-refractivity contribution < 1.29 is 14.3 Å². The third-order valence-electron chi connectivity index (χ3n) is 6.92. The molecule has 0 aliphatic carbocycles. The van der Waals surface area contributed by atoms with Crippen molar-refractivity contribution in [2.45, 2.75) is 31.8 Å². The molecule has 0 spiro atoms. The van der Waals surface area contributed by atoms with E-state index in [0.29, 0.717) is 30.5 Å². The van der Waals surface area contributed by atoms with Gasteiger partial charge in [0.25, 0.3) is 0 Å². The molecule has 4 aromatic rings. The fraction of sp³-hybridized carbons (Fsp3) is 0.188. The van der Waals surface area contributed by atoms with Crippen LogP contribution in [0.4, 0.5) is 0 Å². The summed E-state index contributed by atoms with van der Waals surface area (Å²) in [6.07, 6.45) is 1.96. The number of likely N-dealkylation sites (tertiary alicyclic amines) is 1. The van der Waals surface area contributed by atoms with Crippen molar-refractivity contribution in [3.63, 3.8) is 0 Å². The fourth-order valence-corrected chi connectivity index (χ4v) is 4.93. The standard InChI is InChI=1S/C32H29NO3/c1-36-29-17-12-23(13-18-29)22-33-28(16-19-31(33)34)20-27-15-14-26(24-8-4-2-5-9-24)21-30(27)32(35)25-10-6-3-7-11-25/h2-15,17-18,21,28H,16,19-20,22H2,1H3/t28-/m0/s1. The number of carbonyl (C=O) groups is 2. The van der Waals surface area contributed by atoms with Gasteiger partial charge in [-0.05, 0) is 53.3 Å². The molecule has 1 heterocycles. The number of hydrogen-bond acceptors (Lipinski definition) is 3. The second-order valence-electron chi connectivity index (χ2n) is 9.20. The van der Waals surface area contributed by atoms with Crippen LogP contribution in [0.15, 0.2) is 103 Å². The highest BCUT2D eigenvalue weighted by Gasteiger charge is 2.32. The molecule has 1 aliphatic rings. The van der Waals surface area contributed by atoms with Crippen LogP contribution in [0.2, 0.25) is 0 Å². The minimum absolute atomic E-state index is 0.00871.